The lowest BCUT2D eigenvalue weighted by atomic mass is 9.54. The fraction of sp³-hybridized carbons (Fsp3) is 0.778. The summed E-state index contributed by atoms with van der Waals surface area (Å²) in [6.07, 6.45) is 17.2. The first-order valence-corrected chi connectivity index (χ1v) is 12.1. The maximum atomic E-state index is 10.2. The molecule has 1 N–H and O–H groups in total. The molecule has 4 aliphatic rings. The molecule has 1 heteroatoms. The summed E-state index contributed by atoms with van der Waals surface area (Å²) >= 11 is 0. The lowest BCUT2D eigenvalue weighted by Gasteiger charge is -2.50. The van der Waals surface area contributed by atoms with Crippen molar-refractivity contribution in [1.82, 2.24) is 0 Å². The highest BCUT2D eigenvalue weighted by atomic mass is 16.3. The van der Waals surface area contributed by atoms with Gasteiger partial charge in [-0.05, 0) is 79.3 Å². The topological polar surface area (TPSA) is 20.2 Å². The summed E-state index contributed by atoms with van der Waals surface area (Å²) < 4.78 is 0. The van der Waals surface area contributed by atoms with Crippen molar-refractivity contribution in [3.05, 3.63) is 34.4 Å². The van der Waals surface area contributed by atoms with Crippen LogP contribution in [0.5, 0.6) is 0 Å². The molecule has 156 valence electrons. The molecule has 0 spiro atoms. The Morgan fingerprint density at radius 1 is 1.11 bits per heavy atom. The van der Waals surface area contributed by atoms with Crippen LogP contribution in [0.2, 0.25) is 0 Å². The third kappa shape index (κ3) is 3.26. The van der Waals surface area contributed by atoms with Crippen molar-refractivity contribution < 1.29 is 5.11 Å². The smallest absolute Gasteiger partial charge is 0.0578 e. The lowest BCUT2D eigenvalue weighted by molar-refractivity contribution is 0.114. The van der Waals surface area contributed by atoms with Crippen molar-refractivity contribution >= 4 is 0 Å². The van der Waals surface area contributed by atoms with Crippen molar-refractivity contribution in [2.45, 2.75) is 105 Å². The summed E-state index contributed by atoms with van der Waals surface area (Å²) in [5, 5.41) is 10.2. The van der Waals surface area contributed by atoms with Crippen LogP contribution in [0.3, 0.4) is 0 Å². The van der Waals surface area contributed by atoms with Gasteiger partial charge in [0.15, 0.2) is 0 Å². The van der Waals surface area contributed by atoms with E-state index in [1.54, 1.807) is 16.7 Å². The van der Waals surface area contributed by atoms with E-state index < -0.39 is 0 Å². The van der Waals surface area contributed by atoms with Gasteiger partial charge in [-0.25, -0.2) is 0 Å². The van der Waals surface area contributed by atoms with Gasteiger partial charge in [0.2, 0.25) is 0 Å². The average Bonchev–Trinajstić information content (AvgIpc) is 2.99. The van der Waals surface area contributed by atoms with E-state index in [1.807, 2.05) is 0 Å². The number of rotatable bonds is 5. The highest BCUT2D eigenvalue weighted by Gasteiger charge is 2.51. The molecule has 0 heterocycles. The number of fused-ring (bicyclic) bond motifs is 4. The molecule has 4 rings (SSSR count). The zero-order chi connectivity index (χ0) is 20.1. The average molecular weight is 383 g/mol. The van der Waals surface area contributed by atoms with E-state index in [0.29, 0.717) is 5.41 Å². The Bertz CT molecular complexity index is 708. The maximum Gasteiger partial charge on any atom is 0.0578 e. The molecule has 1 fully saturated rings. The number of aliphatic hydroxyl groups is 1. The van der Waals surface area contributed by atoms with Crippen LogP contribution in [0.1, 0.15) is 98.8 Å². The largest absolute Gasteiger partial charge is 0.393 e. The molecular formula is C27H42O. The lowest BCUT2D eigenvalue weighted by Crippen LogP contribution is -2.39. The normalized spacial score (nSPS) is 38.5. The number of allylic oxidation sites excluding steroid dienone is 5. The Morgan fingerprint density at radius 3 is 2.64 bits per heavy atom. The van der Waals surface area contributed by atoms with Gasteiger partial charge in [-0.15, -0.1) is 0 Å². The number of hydrogen-bond donors (Lipinski definition) is 1. The van der Waals surface area contributed by atoms with Gasteiger partial charge in [-0.2, -0.15) is 0 Å². The van der Waals surface area contributed by atoms with Crippen molar-refractivity contribution in [1.29, 1.82) is 0 Å². The molecule has 1 nitrogen and oxygen atoms in total. The second-order valence-corrected chi connectivity index (χ2v) is 11.3. The van der Waals surface area contributed by atoms with E-state index in [9.17, 15) is 5.11 Å². The summed E-state index contributed by atoms with van der Waals surface area (Å²) in [6.45, 7) is 12.3. The summed E-state index contributed by atoms with van der Waals surface area (Å²) in [4.78, 5) is 0. The van der Waals surface area contributed by atoms with E-state index in [2.05, 4.69) is 46.8 Å². The van der Waals surface area contributed by atoms with Gasteiger partial charge in [0.1, 0.15) is 0 Å². The zero-order valence-electron chi connectivity index (χ0n) is 19.0. The molecule has 4 aliphatic carbocycles. The van der Waals surface area contributed by atoms with Gasteiger partial charge < -0.3 is 5.11 Å². The molecule has 0 aliphatic heterocycles. The molecule has 1 saturated carbocycles. The SMILES string of the molecule is CC(C)CCC[C@@H](C)[C@H]1CC=C2C3=C(CC[C@@]21C)[C@@]1(C)CC[C@H](O)CC1=CC3. The monoisotopic (exact) mass is 382 g/mol. The van der Waals surface area contributed by atoms with Crippen molar-refractivity contribution in [2.75, 3.05) is 0 Å². The highest BCUT2D eigenvalue weighted by Crippen LogP contribution is 2.63. The van der Waals surface area contributed by atoms with Crippen LogP contribution in [0.15, 0.2) is 34.4 Å². The van der Waals surface area contributed by atoms with E-state index in [-0.39, 0.29) is 11.5 Å². The minimum absolute atomic E-state index is 0.114. The van der Waals surface area contributed by atoms with Crippen LogP contribution in [-0.4, -0.2) is 11.2 Å². The van der Waals surface area contributed by atoms with Gasteiger partial charge >= 0.3 is 0 Å². The molecule has 0 saturated heterocycles. The second kappa shape index (κ2) is 7.46. The Labute approximate surface area is 173 Å². The van der Waals surface area contributed by atoms with Crippen molar-refractivity contribution in [2.24, 2.45) is 28.6 Å². The standard InChI is InChI=1S/C27H42O/c1-18(2)7-6-8-19(3)23-11-12-24-22-10-9-20-17-21(28)13-15-26(20,4)25(22)14-16-27(23,24)5/h9,12,18-19,21,23,28H,6-8,10-11,13-17H2,1-5H3/t19-,21+,23-,26+,27-/m1/s1. The fourth-order valence-electron chi connectivity index (χ4n) is 7.25. The third-order valence-electron chi connectivity index (χ3n) is 9.08. The molecule has 0 unspecified atom stereocenters. The summed E-state index contributed by atoms with van der Waals surface area (Å²) in [7, 11) is 0. The van der Waals surface area contributed by atoms with Gasteiger partial charge in [-0.1, -0.05) is 77.2 Å². The Morgan fingerprint density at radius 2 is 1.89 bits per heavy atom. The van der Waals surface area contributed by atoms with Crippen LogP contribution >= 0.6 is 0 Å². The zero-order valence-corrected chi connectivity index (χ0v) is 19.0. The molecule has 0 radical (unpaired) electrons. The van der Waals surface area contributed by atoms with Crippen LogP contribution in [0.25, 0.3) is 0 Å². The minimum Gasteiger partial charge on any atom is -0.393 e. The first-order chi connectivity index (χ1) is 13.3. The molecule has 0 aromatic rings. The number of aliphatic hydroxyl groups excluding tert-OH is 1. The van der Waals surface area contributed by atoms with Crippen LogP contribution in [0, 0.1) is 28.6 Å². The quantitative estimate of drug-likeness (QED) is 0.492. The second-order valence-electron chi connectivity index (χ2n) is 11.3. The molecular weight excluding hydrogens is 340 g/mol. The van der Waals surface area contributed by atoms with Crippen molar-refractivity contribution in [3.63, 3.8) is 0 Å². The molecule has 0 aromatic heterocycles. The fourth-order valence-corrected chi connectivity index (χ4v) is 7.25. The third-order valence-corrected chi connectivity index (χ3v) is 9.08. The molecule has 0 aromatic carbocycles. The molecule has 0 bridgehead atoms. The van der Waals surface area contributed by atoms with Gasteiger partial charge in [0.25, 0.3) is 0 Å². The van der Waals surface area contributed by atoms with E-state index in [4.69, 9.17) is 0 Å². The Kier molecular flexibility index (Phi) is 5.45. The predicted molar refractivity (Wildman–Crippen MR) is 119 cm³/mol. The highest BCUT2D eigenvalue weighted by molar-refractivity contribution is 5.53. The van der Waals surface area contributed by atoms with E-state index in [1.165, 1.54) is 44.1 Å². The van der Waals surface area contributed by atoms with Gasteiger partial charge in [-0.3, -0.25) is 0 Å². The summed E-state index contributed by atoms with van der Waals surface area (Å²) in [5.41, 5.74) is 7.33. The maximum absolute atomic E-state index is 10.2. The summed E-state index contributed by atoms with van der Waals surface area (Å²) in [6, 6.07) is 0. The van der Waals surface area contributed by atoms with E-state index in [0.717, 1.165) is 43.4 Å². The molecule has 0 amide bonds. The minimum atomic E-state index is -0.114. The molecule has 5 atom stereocenters. The first-order valence-electron chi connectivity index (χ1n) is 12.1. The Hall–Kier alpha value is -0.820. The predicted octanol–water partition coefficient (Wildman–Crippen LogP) is 7.37. The van der Waals surface area contributed by atoms with Gasteiger partial charge in [0.05, 0.1) is 6.10 Å². The van der Waals surface area contributed by atoms with E-state index >= 15 is 0 Å². The van der Waals surface area contributed by atoms with Gasteiger partial charge in [0, 0.05) is 5.41 Å². The first kappa shape index (κ1) is 20.5. The van der Waals surface area contributed by atoms with Crippen LogP contribution in [-0.2, 0) is 0 Å². The van der Waals surface area contributed by atoms with Crippen LogP contribution in [0.4, 0.5) is 0 Å². The number of hydrogen-bond acceptors (Lipinski definition) is 1. The Balaban J connectivity index is 1.54. The van der Waals surface area contributed by atoms with Crippen molar-refractivity contribution in [3.8, 4) is 0 Å². The summed E-state index contributed by atoms with van der Waals surface area (Å²) in [5.74, 6) is 2.49. The van der Waals surface area contributed by atoms with Crippen LogP contribution < -0.4 is 0 Å². The molecule has 28 heavy (non-hydrogen) atoms.